The predicted octanol–water partition coefficient (Wildman–Crippen LogP) is 9.55. The van der Waals surface area contributed by atoms with Gasteiger partial charge in [0.2, 0.25) is 5.91 Å². The lowest BCUT2D eigenvalue weighted by Gasteiger charge is -2.29. The zero-order chi connectivity index (χ0) is 35.8. The van der Waals surface area contributed by atoms with Crippen LogP contribution in [0.3, 0.4) is 0 Å². The molecular weight excluding hydrogens is 623 g/mol. The van der Waals surface area contributed by atoms with E-state index in [0.29, 0.717) is 17.4 Å². The Morgan fingerprint density at radius 3 is 1.67 bits per heavy atom. The number of allylic oxidation sites excluding steroid dienone is 3. The SMILES string of the molecule is CCCC/C=C/CC/C=C/C(O)C(COP(=O)([O-])OCC[N+](C)(C)C)NC(=O)CCCCCCCCCCCCCCCCCCCC. The summed E-state index contributed by atoms with van der Waals surface area (Å²) >= 11 is 0. The largest absolute Gasteiger partial charge is 0.756 e. The number of phosphoric ester groups is 1. The summed E-state index contributed by atoms with van der Waals surface area (Å²) in [5.74, 6) is -0.210. The summed E-state index contributed by atoms with van der Waals surface area (Å²) in [5.41, 5.74) is 0. The maximum absolute atomic E-state index is 12.7. The standard InChI is InChI=1S/C39H77N2O6P/c1-6-8-10-12-14-16-17-18-19-20-21-22-23-24-25-27-29-31-33-39(43)40-37(36-47-48(44,45)46-35-34-41(3,4)5)38(42)32-30-28-26-15-13-11-9-7-2/h13,15,30,32,37-38,42H,6-12,14,16-29,31,33-36H2,1-5H3,(H-,40,43,44,45)/b15-13+,32-30+. The molecule has 0 aliphatic carbocycles. The zero-order valence-electron chi connectivity index (χ0n) is 31.9. The number of hydrogen-bond donors (Lipinski definition) is 2. The van der Waals surface area contributed by atoms with Gasteiger partial charge in [-0.25, -0.2) is 0 Å². The number of nitrogens with zero attached hydrogens (tertiary/aromatic N) is 1. The highest BCUT2D eigenvalue weighted by Gasteiger charge is 2.23. The Labute approximate surface area is 296 Å². The van der Waals surface area contributed by atoms with E-state index in [1.165, 1.54) is 109 Å². The molecule has 0 aromatic heterocycles. The molecule has 0 radical (unpaired) electrons. The lowest BCUT2D eigenvalue weighted by molar-refractivity contribution is -0.870. The number of rotatable bonds is 35. The van der Waals surface area contributed by atoms with Gasteiger partial charge in [-0.3, -0.25) is 9.36 Å². The number of aliphatic hydroxyl groups is 1. The Morgan fingerprint density at radius 2 is 1.17 bits per heavy atom. The molecular formula is C39H77N2O6P. The fraction of sp³-hybridized carbons (Fsp3) is 0.872. The first kappa shape index (κ1) is 47.0. The zero-order valence-corrected chi connectivity index (χ0v) is 32.8. The van der Waals surface area contributed by atoms with Crippen LogP contribution in [0.15, 0.2) is 24.3 Å². The van der Waals surface area contributed by atoms with Crippen molar-refractivity contribution >= 4 is 13.7 Å². The Balaban J connectivity index is 4.34. The Morgan fingerprint density at radius 1 is 0.708 bits per heavy atom. The number of quaternary nitrogens is 1. The van der Waals surface area contributed by atoms with E-state index in [2.05, 4.69) is 31.3 Å². The van der Waals surface area contributed by atoms with Gasteiger partial charge in [0.25, 0.3) is 7.82 Å². The van der Waals surface area contributed by atoms with E-state index in [0.717, 1.165) is 38.5 Å². The predicted molar refractivity (Wildman–Crippen MR) is 201 cm³/mol. The van der Waals surface area contributed by atoms with Crippen LogP contribution < -0.4 is 10.2 Å². The number of carbonyl (C=O) groups excluding carboxylic acids is 1. The Hall–Kier alpha value is -1.02. The van der Waals surface area contributed by atoms with Crippen molar-refractivity contribution in [2.45, 2.75) is 180 Å². The van der Waals surface area contributed by atoms with Crippen molar-refractivity contribution < 1.29 is 32.9 Å². The first-order valence-electron chi connectivity index (χ1n) is 19.7. The number of nitrogens with one attached hydrogen (secondary N) is 1. The molecule has 9 heteroatoms. The molecule has 284 valence electrons. The number of aliphatic hydroxyl groups excluding tert-OH is 1. The highest BCUT2D eigenvalue weighted by atomic mass is 31.2. The van der Waals surface area contributed by atoms with Crippen LogP contribution >= 0.6 is 7.82 Å². The van der Waals surface area contributed by atoms with Crippen LogP contribution in [0, 0.1) is 0 Å². The third kappa shape index (κ3) is 33.5. The monoisotopic (exact) mass is 701 g/mol. The van der Waals surface area contributed by atoms with Gasteiger partial charge in [0, 0.05) is 6.42 Å². The molecule has 0 saturated heterocycles. The van der Waals surface area contributed by atoms with Crippen molar-refractivity contribution in [3.05, 3.63) is 24.3 Å². The van der Waals surface area contributed by atoms with E-state index in [1.807, 2.05) is 27.2 Å². The summed E-state index contributed by atoms with van der Waals surface area (Å²) in [6.07, 6.45) is 35.3. The highest BCUT2D eigenvalue weighted by molar-refractivity contribution is 7.45. The molecule has 0 aliphatic heterocycles. The quantitative estimate of drug-likeness (QED) is 0.0295. The average Bonchev–Trinajstić information content (AvgIpc) is 3.02. The van der Waals surface area contributed by atoms with Crippen molar-refractivity contribution in [3.8, 4) is 0 Å². The molecule has 0 fully saturated rings. The van der Waals surface area contributed by atoms with Crippen molar-refractivity contribution in [2.24, 2.45) is 0 Å². The molecule has 3 atom stereocenters. The Bertz CT molecular complexity index is 845. The molecule has 2 N–H and O–H groups in total. The first-order chi connectivity index (χ1) is 23.0. The van der Waals surface area contributed by atoms with E-state index < -0.39 is 26.6 Å². The van der Waals surface area contributed by atoms with Gasteiger partial charge in [0.1, 0.15) is 13.2 Å². The summed E-state index contributed by atoms with van der Waals surface area (Å²) in [4.78, 5) is 25.1. The fourth-order valence-electron chi connectivity index (χ4n) is 5.45. The number of likely N-dealkylation sites (N-methyl/N-ethyl adjacent to an activating group) is 1. The van der Waals surface area contributed by atoms with Crippen molar-refractivity contribution in [1.29, 1.82) is 0 Å². The maximum Gasteiger partial charge on any atom is 0.268 e. The topological polar surface area (TPSA) is 108 Å². The van der Waals surface area contributed by atoms with E-state index in [-0.39, 0.29) is 12.5 Å². The maximum atomic E-state index is 12.7. The number of phosphoric acid groups is 1. The second-order valence-corrected chi connectivity index (χ2v) is 16.0. The minimum atomic E-state index is -4.58. The third-order valence-electron chi connectivity index (χ3n) is 8.66. The molecule has 0 bridgehead atoms. The second-order valence-electron chi connectivity index (χ2n) is 14.6. The van der Waals surface area contributed by atoms with Crippen molar-refractivity contribution in [2.75, 3.05) is 40.9 Å². The van der Waals surface area contributed by atoms with Crippen LogP contribution in [-0.2, 0) is 18.4 Å². The lowest BCUT2D eigenvalue weighted by atomic mass is 10.0. The fourth-order valence-corrected chi connectivity index (χ4v) is 6.17. The number of carbonyl (C=O) groups is 1. The molecule has 0 aliphatic rings. The van der Waals surface area contributed by atoms with Gasteiger partial charge in [0.15, 0.2) is 0 Å². The molecule has 0 aromatic rings. The number of amides is 1. The van der Waals surface area contributed by atoms with Gasteiger partial charge in [-0.1, -0.05) is 160 Å². The molecule has 0 saturated carbocycles. The van der Waals surface area contributed by atoms with Crippen molar-refractivity contribution in [1.82, 2.24) is 5.32 Å². The molecule has 0 rings (SSSR count). The highest BCUT2D eigenvalue weighted by Crippen LogP contribution is 2.38. The molecule has 8 nitrogen and oxygen atoms in total. The van der Waals surface area contributed by atoms with Gasteiger partial charge in [-0.05, 0) is 25.7 Å². The van der Waals surface area contributed by atoms with Gasteiger partial charge in [-0.15, -0.1) is 0 Å². The van der Waals surface area contributed by atoms with Crippen LogP contribution in [0.2, 0.25) is 0 Å². The van der Waals surface area contributed by atoms with Crippen LogP contribution in [0.4, 0.5) is 0 Å². The Kier molecular flexibility index (Phi) is 31.2. The van der Waals surface area contributed by atoms with Gasteiger partial charge in [0.05, 0.1) is 39.9 Å². The van der Waals surface area contributed by atoms with Crippen LogP contribution in [0.5, 0.6) is 0 Å². The molecule has 3 unspecified atom stereocenters. The normalized spacial score (nSPS) is 14.9. The van der Waals surface area contributed by atoms with E-state index in [4.69, 9.17) is 9.05 Å². The minimum absolute atomic E-state index is 0.00507. The second kappa shape index (κ2) is 31.9. The number of hydrogen-bond acceptors (Lipinski definition) is 6. The summed E-state index contributed by atoms with van der Waals surface area (Å²) in [5, 5.41) is 13.6. The molecule has 1 amide bonds. The third-order valence-corrected chi connectivity index (χ3v) is 9.63. The molecule has 48 heavy (non-hydrogen) atoms. The summed E-state index contributed by atoms with van der Waals surface area (Å²) in [6.45, 7) is 4.54. The van der Waals surface area contributed by atoms with Gasteiger partial charge >= 0.3 is 0 Å². The molecule has 0 heterocycles. The van der Waals surface area contributed by atoms with Gasteiger partial charge < -0.3 is 28.8 Å². The molecule has 0 spiro atoms. The lowest BCUT2D eigenvalue weighted by Crippen LogP contribution is -2.45. The minimum Gasteiger partial charge on any atom is -0.756 e. The van der Waals surface area contributed by atoms with Gasteiger partial charge in [-0.2, -0.15) is 0 Å². The van der Waals surface area contributed by atoms with Crippen LogP contribution in [0.25, 0.3) is 0 Å². The summed E-state index contributed by atoms with van der Waals surface area (Å²) < 4.78 is 23.0. The van der Waals surface area contributed by atoms with Crippen LogP contribution in [-0.4, -0.2) is 68.5 Å². The smallest absolute Gasteiger partial charge is 0.268 e. The van der Waals surface area contributed by atoms with Crippen molar-refractivity contribution in [3.63, 3.8) is 0 Å². The van der Waals surface area contributed by atoms with Crippen LogP contribution in [0.1, 0.15) is 168 Å². The van der Waals surface area contributed by atoms with E-state index in [1.54, 1.807) is 6.08 Å². The summed E-state index contributed by atoms with van der Waals surface area (Å²) in [7, 11) is 1.24. The van der Waals surface area contributed by atoms with E-state index in [9.17, 15) is 19.4 Å². The number of unbranched alkanes of at least 4 members (excludes halogenated alkanes) is 20. The summed E-state index contributed by atoms with van der Waals surface area (Å²) in [6, 6.07) is -0.895. The molecule has 0 aromatic carbocycles. The first-order valence-corrected chi connectivity index (χ1v) is 21.2. The van der Waals surface area contributed by atoms with E-state index >= 15 is 0 Å². The average molecular weight is 701 g/mol.